The van der Waals surface area contributed by atoms with Crippen LogP contribution in [0.15, 0.2) is 35.2 Å². The monoisotopic (exact) mass is 372 g/mol. The van der Waals surface area contributed by atoms with E-state index < -0.39 is 16.1 Å². The summed E-state index contributed by atoms with van der Waals surface area (Å²) in [5.41, 5.74) is 10.6. The Balaban J connectivity index is 1.78. The number of aryl methyl sites for hydroxylation is 2. The standard InChI is InChI=1S/C18H20N4O3S/c1-10-7-13(26(24,25)22-8-12(23)9-22)3-4-14(10)15-5-6-16-17(11(15)2)18(19)21-20-16/h3-7,12,23H,8-9H2,1-2H3,(H3,19,20,21). The fourth-order valence-electron chi connectivity index (χ4n) is 3.46. The van der Waals surface area contributed by atoms with Gasteiger partial charge in [0.1, 0.15) is 0 Å². The van der Waals surface area contributed by atoms with Gasteiger partial charge in [-0.25, -0.2) is 8.42 Å². The number of β-amino-alcohol motifs (C(OH)–C–C–N with tert-alkyl or cyclic N) is 1. The predicted octanol–water partition coefficient (Wildman–Crippen LogP) is 1.79. The van der Waals surface area contributed by atoms with E-state index in [1.54, 1.807) is 12.1 Å². The smallest absolute Gasteiger partial charge is 0.243 e. The van der Waals surface area contributed by atoms with Crippen LogP contribution in [0.4, 0.5) is 5.82 Å². The van der Waals surface area contributed by atoms with E-state index in [1.165, 1.54) is 4.31 Å². The molecule has 3 aromatic rings. The van der Waals surface area contributed by atoms with Gasteiger partial charge in [-0.1, -0.05) is 12.1 Å². The number of hydrogen-bond acceptors (Lipinski definition) is 5. The summed E-state index contributed by atoms with van der Waals surface area (Å²) in [6.45, 7) is 4.17. The number of aliphatic hydroxyl groups is 1. The van der Waals surface area contributed by atoms with Crippen LogP contribution in [0.3, 0.4) is 0 Å². The van der Waals surface area contributed by atoms with E-state index in [4.69, 9.17) is 5.73 Å². The zero-order valence-corrected chi connectivity index (χ0v) is 15.3. The van der Waals surface area contributed by atoms with Gasteiger partial charge in [0, 0.05) is 18.5 Å². The van der Waals surface area contributed by atoms with Crippen LogP contribution in [0.5, 0.6) is 0 Å². The molecule has 0 unspecified atom stereocenters. The molecule has 0 atom stereocenters. The molecule has 1 aromatic heterocycles. The van der Waals surface area contributed by atoms with Crippen molar-refractivity contribution in [2.45, 2.75) is 24.8 Å². The number of sulfonamides is 1. The number of aliphatic hydroxyl groups excluding tert-OH is 1. The molecule has 0 spiro atoms. The molecule has 4 rings (SSSR count). The van der Waals surface area contributed by atoms with E-state index in [0.717, 1.165) is 33.2 Å². The Bertz CT molecular complexity index is 1110. The number of aromatic nitrogens is 2. The topological polar surface area (TPSA) is 112 Å². The average Bonchev–Trinajstić information content (AvgIpc) is 2.94. The first-order valence-corrected chi connectivity index (χ1v) is 9.75. The highest BCUT2D eigenvalue weighted by Crippen LogP contribution is 2.34. The number of rotatable bonds is 3. The van der Waals surface area contributed by atoms with Crippen LogP contribution in [0.1, 0.15) is 11.1 Å². The molecule has 0 amide bonds. The number of anilines is 1. The maximum Gasteiger partial charge on any atom is 0.243 e. The average molecular weight is 372 g/mol. The number of fused-ring (bicyclic) bond motifs is 1. The molecule has 1 aliphatic rings. The lowest BCUT2D eigenvalue weighted by molar-refractivity contribution is 0.0548. The maximum absolute atomic E-state index is 12.6. The lowest BCUT2D eigenvalue weighted by Gasteiger charge is -2.34. The zero-order valence-electron chi connectivity index (χ0n) is 14.5. The van der Waals surface area contributed by atoms with Crippen molar-refractivity contribution in [1.82, 2.24) is 14.5 Å². The van der Waals surface area contributed by atoms with Gasteiger partial charge in [-0.05, 0) is 54.3 Å². The van der Waals surface area contributed by atoms with Gasteiger partial charge in [0.05, 0.1) is 16.5 Å². The van der Waals surface area contributed by atoms with Gasteiger partial charge in [0.25, 0.3) is 0 Å². The van der Waals surface area contributed by atoms with Crippen LogP contribution >= 0.6 is 0 Å². The van der Waals surface area contributed by atoms with Gasteiger partial charge in [-0.15, -0.1) is 0 Å². The molecule has 1 aliphatic heterocycles. The number of H-pyrrole nitrogens is 1. The molecule has 2 aromatic carbocycles. The molecule has 1 saturated heterocycles. The number of nitrogens with one attached hydrogen (secondary N) is 1. The van der Waals surface area contributed by atoms with Crippen molar-refractivity contribution in [3.8, 4) is 11.1 Å². The molecule has 8 heteroatoms. The molecular weight excluding hydrogens is 352 g/mol. The normalized spacial score (nSPS) is 16.1. The fraction of sp³-hybridized carbons (Fsp3) is 0.278. The third-order valence-corrected chi connectivity index (χ3v) is 6.80. The van der Waals surface area contributed by atoms with Gasteiger partial charge < -0.3 is 10.8 Å². The van der Waals surface area contributed by atoms with Crippen molar-refractivity contribution in [1.29, 1.82) is 0 Å². The number of nitrogen functional groups attached to an aromatic ring is 1. The van der Waals surface area contributed by atoms with Gasteiger partial charge in [-0.3, -0.25) is 5.10 Å². The van der Waals surface area contributed by atoms with Crippen LogP contribution in [-0.2, 0) is 10.0 Å². The molecule has 136 valence electrons. The summed E-state index contributed by atoms with van der Waals surface area (Å²) in [4.78, 5) is 0.243. The van der Waals surface area contributed by atoms with Crippen molar-refractivity contribution in [2.24, 2.45) is 0 Å². The van der Waals surface area contributed by atoms with Crippen LogP contribution in [-0.4, -0.2) is 47.2 Å². The van der Waals surface area contributed by atoms with E-state index in [-0.39, 0.29) is 18.0 Å². The quantitative estimate of drug-likeness (QED) is 0.649. The van der Waals surface area contributed by atoms with Gasteiger partial charge in [-0.2, -0.15) is 9.40 Å². The van der Waals surface area contributed by atoms with Crippen molar-refractivity contribution in [3.05, 3.63) is 41.5 Å². The molecule has 0 radical (unpaired) electrons. The van der Waals surface area contributed by atoms with Gasteiger partial charge in [0.2, 0.25) is 10.0 Å². The lowest BCUT2D eigenvalue weighted by atomic mass is 9.94. The summed E-state index contributed by atoms with van der Waals surface area (Å²) in [5.74, 6) is 0.451. The summed E-state index contributed by atoms with van der Waals surface area (Å²) in [6.07, 6.45) is -0.569. The van der Waals surface area contributed by atoms with E-state index in [1.807, 2.05) is 32.0 Å². The number of nitrogens with zero attached hydrogens (tertiary/aromatic N) is 2. The third kappa shape index (κ3) is 2.49. The summed E-state index contributed by atoms with van der Waals surface area (Å²) >= 11 is 0. The molecule has 0 bridgehead atoms. The lowest BCUT2D eigenvalue weighted by Crippen LogP contribution is -2.53. The molecule has 7 nitrogen and oxygen atoms in total. The highest BCUT2D eigenvalue weighted by atomic mass is 32.2. The minimum Gasteiger partial charge on any atom is -0.390 e. The molecule has 1 fully saturated rings. The van der Waals surface area contributed by atoms with Crippen LogP contribution in [0.25, 0.3) is 22.0 Å². The SMILES string of the molecule is Cc1cc(S(=O)(=O)N2CC(O)C2)ccc1-c1ccc2[nH]nc(N)c2c1C. The molecule has 2 heterocycles. The van der Waals surface area contributed by atoms with E-state index in [2.05, 4.69) is 10.2 Å². The summed E-state index contributed by atoms with van der Waals surface area (Å²) in [6, 6.07) is 9.02. The summed E-state index contributed by atoms with van der Waals surface area (Å²) in [5, 5.41) is 17.2. The maximum atomic E-state index is 12.6. The van der Waals surface area contributed by atoms with Crippen LogP contribution < -0.4 is 5.73 Å². The second kappa shape index (κ2) is 5.80. The Labute approximate surface area is 151 Å². The Morgan fingerprint density at radius 3 is 2.54 bits per heavy atom. The summed E-state index contributed by atoms with van der Waals surface area (Å²) < 4.78 is 26.5. The second-order valence-electron chi connectivity index (χ2n) is 6.72. The number of hydrogen-bond donors (Lipinski definition) is 3. The highest BCUT2D eigenvalue weighted by molar-refractivity contribution is 7.89. The van der Waals surface area contributed by atoms with Crippen molar-refractivity contribution < 1.29 is 13.5 Å². The van der Waals surface area contributed by atoms with E-state index in [9.17, 15) is 13.5 Å². The van der Waals surface area contributed by atoms with E-state index >= 15 is 0 Å². The highest BCUT2D eigenvalue weighted by Gasteiger charge is 2.35. The van der Waals surface area contributed by atoms with Crippen molar-refractivity contribution in [2.75, 3.05) is 18.8 Å². The first kappa shape index (κ1) is 17.0. The predicted molar refractivity (Wildman–Crippen MR) is 100 cm³/mol. The van der Waals surface area contributed by atoms with Crippen LogP contribution in [0, 0.1) is 13.8 Å². The first-order chi connectivity index (χ1) is 12.3. The molecule has 26 heavy (non-hydrogen) atoms. The van der Waals surface area contributed by atoms with Crippen molar-refractivity contribution in [3.63, 3.8) is 0 Å². The molecule has 4 N–H and O–H groups in total. The first-order valence-electron chi connectivity index (χ1n) is 8.31. The molecular formula is C18H20N4O3S. The molecule has 0 saturated carbocycles. The largest absolute Gasteiger partial charge is 0.390 e. The second-order valence-corrected chi connectivity index (χ2v) is 8.66. The van der Waals surface area contributed by atoms with Crippen molar-refractivity contribution >= 4 is 26.7 Å². The third-order valence-electron chi connectivity index (χ3n) is 4.97. The van der Waals surface area contributed by atoms with Gasteiger partial charge >= 0.3 is 0 Å². The van der Waals surface area contributed by atoms with E-state index in [0.29, 0.717) is 5.82 Å². The zero-order chi connectivity index (χ0) is 18.6. The number of benzene rings is 2. The Kier molecular flexibility index (Phi) is 3.80. The molecule has 0 aliphatic carbocycles. The van der Waals surface area contributed by atoms with Gasteiger partial charge in [0.15, 0.2) is 5.82 Å². The number of nitrogens with two attached hydrogens (primary N) is 1. The Morgan fingerprint density at radius 2 is 1.88 bits per heavy atom. The summed E-state index contributed by atoms with van der Waals surface area (Å²) in [7, 11) is -3.56. The number of aromatic amines is 1. The minimum absolute atomic E-state index is 0.151. The Morgan fingerprint density at radius 1 is 1.19 bits per heavy atom. The van der Waals surface area contributed by atoms with Crippen LogP contribution in [0.2, 0.25) is 0 Å². The fourth-order valence-corrected chi connectivity index (χ4v) is 5.06. The Hall–Kier alpha value is -2.42. The minimum atomic E-state index is -3.56.